The van der Waals surface area contributed by atoms with Gasteiger partial charge in [0.1, 0.15) is 5.01 Å². The van der Waals surface area contributed by atoms with Gasteiger partial charge >= 0.3 is 5.97 Å². The van der Waals surface area contributed by atoms with E-state index in [1.54, 1.807) is 11.3 Å². The van der Waals surface area contributed by atoms with Crippen molar-refractivity contribution in [3.05, 3.63) is 95.1 Å². The fourth-order valence-corrected chi connectivity index (χ4v) is 6.58. The molecule has 1 unspecified atom stereocenters. The molecular formula is C34H30ClN3O3S. The molecule has 6 aromatic rings. The van der Waals surface area contributed by atoms with Crippen molar-refractivity contribution in [3.8, 4) is 32.8 Å². The minimum absolute atomic E-state index is 0.608. The zero-order valence-electron chi connectivity index (χ0n) is 24.0. The number of fused-ring (bicyclic) bond motifs is 2. The van der Waals surface area contributed by atoms with E-state index < -0.39 is 17.7 Å². The standard InChI is InChI=1S/C34H30ClN3O3S/c1-19-15-26-31(29(20-9-12-25(35)13-10-20)28(19)30(33(39)40)41-34(2,3)4)42-32(37-26)23-8-6-7-21(16-23)22-11-14-27-24(17-22)18-36-38(27)5/h6-18,30H,1-5H3,(H,39,40). The van der Waals surface area contributed by atoms with E-state index in [1.165, 1.54) is 0 Å². The lowest BCUT2D eigenvalue weighted by Gasteiger charge is -2.28. The molecule has 2 aromatic heterocycles. The highest BCUT2D eigenvalue weighted by Crippen LogP contribution is 2.44. The van der Waals surface area contributed by atoms with Gasteiger partial charge < -0.3 is 9.84 Å². The number of benzene rings is 4. The summed E-state index contributed by atoms with van der Waals surface area (Å²) in [5, 5.41) is 17.2. The molecular weight excluding hydrogens is 566 g/mol. The van der Waals surface area contributed by atoms with Gasteiger partial charge in [-0.15, -0.1) is 11.3 Å². The lowest BCUT2D eigenvalue weighted by molar-refractivity contribution is -0.160. The predicted octanol–water partition coefficient (Wildman–Crippen LogP) is 9.09. The number of aliphatic carboxylic acids is 1. The number of rotatable bonds is 6. The van der Waals surface area contributed by atoms with Crippen molar-refractivity contribution in [2.75, 3.05) is 0 Å². The molecule has 2 heterocycles. The van der Waals surface area contributed by atoms with Crippen LogP contribution in [0.5, 0.6) is 0 Å². The van der Waals surface area contributed by atoms with Crippen LogP contribution in [0, 0.1) is 6.92 Å². The molecule has 0 aliphatic carbocycles. The highest BCUT2D eigenvalue weighted by molar-refractivity contribution is 7.22. The zero-order chi connectivity index (χ0) is 29.8. The number of thiazole rings is 1. The number of halogens is 1. The quantitative estimate of drug-likeness (QED) is 0.208. The average Bonchev–Trinajstić information content (AvgIpc) is 3.54. The summed E-state index contributed by atoms with van der Waals surface area (Å²) in [6, 6.07) is 24.1. The number of aryl methyl sites for hydroxylation is 2. The molecule has 0 radical (unpaired) electrons. The Morgan fingerprint density at radius 3 is 2.38 bits per heavy atom. The van der Waals surface area contributed by atoms with Crippen LogP contribution in [0.3, 0.4) is 0 Å². The second-order valence-electron chi connectivity index (χ2n) is 11.4. The van der Waals surface area contributed by atoms with Crippen LogP contribution < -0.4 is 0 Å². The minimum atomic E-state index is -1.16. The number of ether oxygens (including phenoxy) is 1. The Kier molecular flexibility index (Phi) is 7.13. The first-order chi connectivity index (χ1) is 20.0. The third-order valence-corrected chi connectivity index (χ3v) is 8.60. The Hall–Kier alpha value is -4.04. The molecule has 212 valence electrons. The summed E-state index contributed by atoms with van der Waals surface area (Å²) in [6.07, 6.45) is 0.721. The molecule has 42 heavy (non-hydrogen) atoms. The van der Waals surface area contributed by atoms with Gasteiger partial charge in [0.2, 0.25) is 0 Å². The maximum Gasteiger partial charge on any atom is 0.337 e. The maximum atomic E-state index is 12.6. The van der Waals surface area contributed by atoms with E-state index in [0.717, 1.165) is 59.5 Å². The Bertz CT molecular complexity index is 1970. The summed E-state index contributed by atoms with van der Waals surface area (Å²) >= 11 is 7.79. The Labute approximate surface area is 253 Å². The molecule has 0 aliphatic rings. The van der Waals surface area contributed by atoms with Gasteiger partial charge in [0, 0.05) is 34.1 Å². The van der Waals surface area contributed by atoms with Gasteiger partial charge in [-0.05, 0) is 86.3 Å². The third-order valence-electron chi connectivity index (χ3n) is 7.21. The van der Waals surface area contributed by atoms with Crippen LogP contribution in [-0.4, -0.2) is 31.4 Å². The number of hydrogen-bond donors (Lipinski definition) is 1. The number of carboxylic acid groups (broad SMARTS) is 1. The molecule has 0 fully saturated rings. The van der Waals surface area contributed by atoms with Gasteiger partial charge in [-0.25, -0.2) is 9.78 Å². The molecule has 0 spiro atoms. The fraction of sp³-hybridized carbons (Fsp3) is 0.206. The summed E-state index contributed by atoms with van der Waals surface area (Å²) in [5.41, 5.74) is 7.49. The molecule has 0 saturated heterocycles. The molecule has 0 amide bonds. The molecule has 6 nitrogen and oxygen atoms in total. The average molecular weight is 596 g/mol. The number of carbonyl (C=O) groups is 1. The van der Waals surface area contributed by atoms with Crippen LogP contribution >= 0.6 is 22.9 Å². The van der Waals surface area contributed by atoms with Crippen LogP contribution in [-0.2, 0) is 16.6 Å². The first-order valence-electron chi connectivity index (χ1n) is 13.6. The second kappa shape index (κ2) is 10.7. The Morgan fingerprint density at radius 1 is 0.976 bits per heavy atom. The maximum absolute atomic E-state index is 12.6. The zero-order valence-corrected chi connectivity index (χ0v) is 25.5. The summed E-state index contributed by atoms with van der Waals surface area (Å²) < 4.78 is 8.91. The Balaban J connectivity index is 1.53. The first kappa shape index (κ1) is 28.1. The van der Waals surface area contributed by atoms with Gasteiger partial charge in [0.25, 0.3) is 0 Å². The summed E-state index contributed by atoms with van der Waals surface area (Å²) in [5.74, 6) is -1.04. The minimum Gasteiger partial charge on any atom is -0.479 e. The van der Waals surface area contributed by atoms with Gasteiger partial charge in [-0.1, -0.05) is 48.0 Å². The van der Waals surface area contributed by atoms with Crippen molar-refractivity contribution < 1.29 is 14.6 Å². The molecule has 8 heteroatoms. The predicted molar refractivity (Wildman–Crippen MR) is 171 cm³/mol. The summed E-state index contributed by atoms with van der Waals surface area (Å²) in [6.45, 7) is 7.51. The highest BCUT2D eigenvalue weighted by Gasteiger charge is 2.32. The topological polar surface area (TPSA) is 77.2 Å². The monoisotopic (exact) mass is 595 g/mol. The molecule has 0 saturated carbocycles. The molecule has 1 atom stereocenters. The van der Waals surface area contributed by atoms with E-state index in [1.807, 2.05) is 82.0 Å². The van der Waals surface area contributed by atoms with Gasteiger partial charge in [0.05, 0.1) is 27.5 Å². The summed E-state index contributed by atoms with van der Waals surface area (Å²) in [4.78, 5) is 17.7. The van der Waals surface area contributed by atoms with E-state index in [4.69, 9.17) is 21.3 Å². The van der Waals surface area contributed by atoms with E-state index in [9.17, 15) is 9.90 Å². The second-order valence-corrected chi connectivity index (χ2v) is 12.9. The number of nitrogens with zero attached hydrogens (tertiary/aromatic N) is 3. The molecule has 0 aliphatic heterocycles. The molecule has 6 rings (SSSR count). The highest BCUT2D eigenvalue weighted by atomic mass is 35.5. The van der Waals surface area contributed by atoms with E-state index in [-0.39, 0.29) is 0 Å². The van der Waals surface area contributed by atoms with Crippen molar-refractivity contribution in [1.29, 1.82) is 0 Å². The fourth-order valence-electron chi connectivity index (χ4n) is 5.34. The lowest BCUT2D eigenvalue weighted by Crippen LogP contribution is -2.28. The van der Waals surface area contributed by atoms with Crippen LogP contribution in [0.15, 0.2) is 79.0 Å². The van der Waals surface area contributed by atoms with Crippen molar-refractivity contribution in [3.63, 3.8) is 0 Å². The molecule has 1 N–H and O–H groups in total. The first-order valence-corrected chi connectivity index (χ1v) is 14.8. The molecule has 4 aromatic carbocycles. The van der Waals surface area contributed by atoms with E-state index in [2.05, 4.69) is 41.5 Å². The summed E-state index contributed by atoms with van der Waals surface area (Å²) in [7, 11) is 1.94. The smallest absolute Gasteiger partial charge is 0.337 e. The molecule has 0 bridgehead atoms. The van der Waals surface area contributed by atoms with Crippen molar-refractivity contribution in [2.45, 2.75) is 39.4 Å². The normalized spacial score (nSPS) is 12.7. The number of carboxylic acids is 1. The van der Waals surface area contributed by atoms with Crippen molar-refractivity contribution >= 4 is 50.0 Å². The number of aromatic nitrogens is 3. The van der Waals surface area contributed by atoms with Crippen LogP contribution in [0.2, 0.25) is 5.02 Å². The van der Waals surface area contributed by atoms with Gasteiger partial charge in [0.15, 0.2) is 6.10 Å². The lowest BCUT2D eigenvalue weighted by atomic mass is 9.91. The SMILES string of the molecule is Cc1cc2nc(-c3cccc(-c4ccc5c(cnn5C)c4)c3)sc2c(-c2ccc(Cl)cc2)c1C(OC(C)(C)C)C(=O)O. The van der Waals surface area contributed by atoms with Crippen LogP contribution in [0.4, 0.5) is 0 Å². The number of hydrogen-bond acceptors (Lipinski definition) is 5. The van der Waals surface area contributed by atoms with Crippen molar-refractivity contribution in [1.82, 2.24) is 14.8 Å². The largest absolute Gasteiger partial charge is 0.479 e. The van der Waals surface area contributed by atoms with Gasteiger partial charge in [-0.3, -0.25) is 4.68 Å². The van der Waals surface area contributed by atoms with Crippen molar-refractivity contribution in [2.24, 2.45) is 7.05 Å². The Morgan fingerprint density at radius 2 is 1.67 bits per heavy atom. The van der Waals surface area contributed by atoms with E-state index in [0.29, 0.717) is 10.6 Å². The third kappa shape index (κ3) is 5.31. The van der Waals surface area contributed by atoms with Crippen LogP contribution in [0.1, 0.15) is 38.0 Å². The van der Waals surface area contributed by atoms with Crippen LogP contribution in [0.25, 0.3) is 53.9 Å². The van der Waals surface area contributed by atoms with E-state index >= 15 is 0 Å². The van der Waals surface area contributed by atoms with Gasteiger partial charge in [-0.2, -0.15) is 5.10 Å².